The van der Waals surface area contributed by atoms with Crippen LogP contribution in [-0.4, -0.2) is 26.8 Å². The average Bonchev–Trinajstić information content (AvgIpc) is 2.99. The Morgan fingerprint density at radius 1 is 1.04 bits per heavy atom. The summed E-state index contributed by atoms with van der Waals surface area (Å²) in [5.74, 6) is 1.56. The summed E-state index contributed by atoms with van der Waals surface area (Å²) in [6.07, 6.45) is 0.884. The van der Waals surface area contributed by atoms with Gasteiger partial charge in [-0.25, -0.2) is 4.79 Å². The van der Waals surface area contributed by atoms with Gasteiger partial charge >= 0.3 is 5.97 Å². The minimum Gasteiger partial charge on any atom is -0.493 e. The van der Waals surface area contributed by atoms with Crippen LogP contribution in [0.15, 0.2) is 30.3 Å². The molecule has 24 heavy (non-hydrogen) atoms. The maximum Gasteiger partial charge on any atom is 0.338 e. The van der Waals surface area contributed by atoms with Crippen molar-refractivity contribution in [2.45, 2.75) is 20.0 Å². The van der Waals surface area contributed by atoms with E-state index in [9.17, 15) is 4.79 Å². The SMILES string of the molecule is CCCOc1c(OC)ccc(-c2ccc3c(c2)COC3=O)c1OC. The first-order valence-corrected chi connectivity index (χ1v) is 7.87. The highest BCUT2D eigenvalue weighted by molar-refractivity contribution is 5.94. The summed E-state index contributed by atoms with van der Waals surface area (Å²) in [5, 5.41) is 0. The van der Waals surface area contributed by atoms with E-state index in [0.717, 1.165) is 23.1 Å². The Bertz CT molecular complexity index is 767. The molecule has 0 unspecified atom stereocenters. The molecule has 0 saturated carbocycles. The van der Waals surface area contributed by atoms with Crippen molar-refractivity contribution in [3.05, 3.63) is 41.5 Å². The quantitative estimate of drug-likeness (QED) is 0.754. The lowest BCUT2D eigenvalue weighted by Crippen LogP contribution is -2.02. The van der Waals surface area contributed by atoms with Crippen molar-refractivity contribution >= 4 is 5.97 Å². The molecule has 5 heteroatoms. The van der Waals surface area contributed by atoms with Gasteiger partial charge in [0.25, 0.3) is 0 Å². The van der Waals surface area contributed by atoms with Crippen LogP contribution in [0.3, 0.4) is 0 Å². The van der Waals surface area contributed by atoms with Crippen LogP contribution in [0.5, 0.6) is 17.2 Å². The molecule has 0 radical (unpaired) electrons. The standard InChI is InChI=1S/C19H20O5/c1-4-9-23-18-16(21-2)8-7-14(17(18)22-3)12-5-6-15-13(10-12)11-24-19(15)20/h5-8,10H,4,9,11H2,1-3H3. The molecular formula is C19H20O5. The zero-order valence-electron chi connectivity index (χ0n) is 14.0. The fraction of sp³-hybridized carbons (Fsp3) is 0.316. The Hall–Kier alpha value is -2.69. The Morgan fingerprint density at radius 3 is 2.54 bits per heavy atom. The van der Waals surface area contributed by atoms with Gasteiger partial charge in [0.1, 0.15) is 6.61 Å². The molecule has 0 aromatic heterocycles. The van der Waals surface area contributed by atoms with E-state index >= 15 is 0 Å². The smallest absolute Gasteiger partial charge is 0.338 e. The number of carbonyl (C=O) groups is 1. The number of hydrogen-bond donors (Lipinski definition) is 0. The van der Waals surface area contributed by atoms with Gasteiger partial charge in [0, 0.05) is 11.1 Å². The number of esters is 1. The monoisotopic (exact) mass is 328 g/mol. The number of rotatable bonds is 6. The van der Waals surface area contributed by atoms with E-state index < -0.39 is 0 Å². The van der Waals surface area contributed by atoms with E-state index in [1.165, 1.54) is 0 Å². The van der Waals surface area contributed by atoms with Gasteiger partial charge in [-0.05, 0) is 36.2 Å². The van der Waals surface area contributed by atoms with Gasteiger partial charge < -0.3 is 18.9 Å². The molecule has 0 amide bonds. The maximum atomic E-state index is 11.6. The zero-order valence-corrected chi connectivity index (χ0v) is 14.0. The first-order chi connectivity index (χ1) is 11.7. The predicted octanol–water partition coefficient (Wildman–Crippen LogP) is 3.83. The Labute approximate surface area is 141 Å². The van der Waals surface area contributed by atoms with Crippen molar-refractivity contribution < 1.29 is 23.7 Å². The van der Waals surface area contributed by atoms with Crippen LogP contribution in [0.25, 0.3) is 11.1 Å². The topological polar surface area (TPSA) is 54.0 Å². The molecule has 1 aliphatic rings. The minimum absolute atomic E-state index is 0.273. The van der Waals surface area contributed by atoms with Gasteiger partial charge in [-0.1, -0.05) is 13.0 Å². The second kappa shape index (κ2) is 6.83. The van der Waals surface area contributed by atoms with E-state index in [4.69, 9.17) is 18.9 Å². The summed E-state index contributed by atoms with van der Waals surface area (Å²) in [7, 11) is 3.21. The lowest BCUT2D eigenvalue weighted by atomic mass is 9.99. The number of methoxy groups -OCH3 is 2. The third-order valence-electron chi connectivity index (χ3n) is 3.95. The van der Waals surface area contributed by atoms with Crippen molar-refractivity contribution in [2.75, 3.05) is 20.8 Å². The molecular weight excluding hydrogens is 308 g/mol. The molecule has 0 aliphatic carbocycles. The van der Waals surface area contributed by atoms with E-state index in [1.807, 2.05) is 31.2 Å². The number of cyclic esters (lactones) is 1. The van der Waals surface area contributed by atoms with Gasteiger partial charge in [0.15, 0.2) is 11.5 Å². The number of hydrogen-bond acceptors (Lipinski definition) is 5. The Kier molecular flexibility index (Phi) is 4.60. The van der Waals surface area contributed by atoms with Crippen LogP contribution in [0, 0.1) is 0 Å². The molecule has 1 heterocycles. The summed E-state index contributed by atoms with van der Waals surface area (Å²) in [4.78, 5) is 11.6. The molecule has 0 bridgehead atoms. The first kappa shape index (κ1) is 16.2. The summed E-state index contributed by atoms with van der Waals surface area (Å²) in [6.45, 7) is 2.92. The van der Waals surface area contributed by atoms with Crippen molar-refractivity contribution in [2.24, 2.45) is 0 Å². The highest BCUT2D eigenvalue weighted by atomic mass is 16.5. The summed E-state index contributed by atoms with van der Waals surface area (Å²) < 4.78 is 21.9. The molecule has 1 aliphatic heterocycles. The van der Waals surface area contributed by atoms with Gasteiger partial charge in [0.2, 0.25) is 5.75 Å². The Morgan fingerprint density at radius 2 is 1.83 bits per heavy atom. The molecule has 2 aromatic carbocycles. The van der Waals surface area contributed by atoms with Gasteiger partial charge in [-0.15, -0.1) is 0 Å². The van der Waals surface area contributed by atoms with Crippen molar-refractivity contribution in [1.82, 2.24) is 0 Å². The molecule has 0 atom stereocenters. The third kappa shape index (κ3) is 2.77. The lowest BCUT2D eigenvalue weighted by molar-refractivity contribution is 0.0535. The lowest BCUT2D eigenvalue weighted by Gasteiger charge is -2.17. The third-order valence-corrected chi connectivity index (χ3v) is 3.95. The molecule has 2 aromatic rings. The Balaban J connectivity index is 2.09. The van der Waals surface area contributed by atoms with Crippen molar-refractivity contribution in [3.63, 3.8) is 0 Å². The highest BCUT2D eigenvalue weighted by Gasteiger charge is 2.23. The second-order valence-corrected chi connectivity index (χ2v) is 5.47. The number of carbonyl (C=O) groups excluding carboxylic acids is 1. The summed E-state index contributed by atoms with van der Waals surface area (Å²) in [6, 6.07) is 9.41. The molecule has 126 valence electrons. The van der Waals surface area contributed by atoms with E-state index in [2.05, 4.69) is 0 Å². The van der Waals surface area contributed by atoms with Crippen LogP contribution in [-0.2, 0) is 11.3 Å². The second-order valence-electron chi connectivity index (χ2n) is 5.47. The zero-order chi connectivity index (χ0) is 17.1. The fourth-order valence-corrected chi connectivity index (χ4v) is 2.78. The molecule has 0 saturated heterocycles. The van der Waals surface area contributed by atoms with E-state index in [1.54, 1.807) is 20.3 Å². The van der Waals surface area contributed by atoms with Crippen LogP contribution < -0.4 is 14.2 Å². The van der Waals surface area contributed by atoms with Crippen LogP contribution in [0.1, 0.15) is 29.3 Å². The largest absolute Gasteiger partial charge is 0.493 e. The molecule has 0 fully saturated rings. The minimum atomic E-state index is -0.273. The molecule has 5 nitrogen and oxygen atoms in total. The van der Waals surface area contributed by atoms with Crippen LogP contribution in [0.2, 0.25) is 0 Å². The average molecular weight is 328 g/mol. The van der Waals surface area contributed by atoms with E-state index in [0.29, 0.717) is 36.0 Å². The van der Waals surface area contributed by atoms with Crippen LogP contribution >= 0.6 is 0 Å². The van der Waals surface area contributed by atoms with Crippen molar-refractivity contribution in [1.29, 1.82) is 0 Å². The van der Waals surface area contributed by atoms with Gasteiger partial charge in [-0.3, -0.25) is 0 Å². The molecule has 0 spiro atoms. The van der Waals surface area contributed by atoms with Crippen molar-refractivity contribution in [3.8, 4) is 28.4 Å². The predicted molar refractivity (Wildman–Crippen MR) is 89.9 cm³/mol. The summed E-state index contributed by atoms with van der Waals surface area (Å²) in [5.41, 5.74) is 3.32. The van der Waals surface area contributed by atoms with Gasteiger partial charge in [0.05, 0.1) is 26.4 Å². The number of benzene rings is 2. The highest BCUT2D eigenvalue weighted by Crippen LogP contribution is 2.45. The number of fused-ring (bicyclic) bond motifs is 1. The summed E-state index contributed by atoms with van der Waals surface area (Å²) >= 11 is 0. The number of ether oxygens (including phenoxy) is 4. The van der Waals surface area contributed by atoms with Crippen LogP contribution in [0.4, 0.5) is 0 Å². The fourth-order valence-electron chi connectivity index (χ4n) is 2.78. The first-order valence-electron chi connectivity index (χ1n) is 7.87. The molecule has 0 N–H and O–H groups in total. The maximum absolute atomic E-state index is 11.6. The van der Waals surface area contributed by atoms with E-state index in [-0.39, 0.29) is 5.97 Å². The normalized spacial score (nSPS) is 12.5. The van der Waals surface area contributed by atoms with Gasteiger partial charge in [-0.2, -0.15) is 0 Å². The molecule has 3 rings (SSSR count).